The highest BCUT2D eigenvalue weighted by atomic mass is 127. The molecule has 0 aliphatic rings. The smallest absolute Gasteiger partial charge is 0.0859 e. The third kappa shape index (κ3) is 2.70. The molecule has 2 rings (SSSR count). The Labute approximate surface area is 116 Å². The predicted molar refractivity (Wildman–Crippen MR) is 82.6 cm³/mol. The highest BCUT2D eigenvalue weighted by molar-refractivity contribution is 14.1. The summed E-state index contributed by atoms with van der Waals surface area (Å²) in [5, 5.41) is 4.72. The van der Waals surface area contributed by atoms with Gasteiger partial charge in [0.25, 0.3) is 0 Å². The van der Waals surface area contributed by atoms with E-state index in [-0.39, 0.29) is 0 Å². The van der Waals surface area contributed by atoms with Crippen molar-refractivity contribution in [2.45, 2.75) is 26.7 Å². The van der Waals surface area contributed by atoms with Crippen LogP contribution in [0.25, 0.3) is 10.9 Å². The van der Waals surface area contributed by atoms with Crippen molar-refractivity contribution >= 4 is 39.2 Å². The lowest BCUT2D eigenvalue weighted by Crippen LogP contribution is -2.02. The lowest BCUT2D eigenvalue weighted by molar-refractivity contribution is 0.977. The summed E-state index contributed by atoms with van der Waals surface area (Å²) in [6.07, 6.45) is 2.11. The van der Waals surface area contributed by atoms with E-state index in [2.05, 4.69) is 66.0 Å². The molecule has 0 fully saturated rings. The Kier molecular flexibility index (Phi) is 4.20. The molecule has 0 radical (unpaired) electrons. The average molecular weight is 340 g/mol. The van der Waals surface area contributed by atoms with Crippen LogP contribution in [0.15, 0.2) is 24.3 Å². The molecule has 0 spiro atoms. The van der Waals surface area contributed by atoms with Gasteiger partial charge in [-0.1, -0.05) is 26.0 Å². The number of nitrogens with zero attached hydrogens (tertiary/aromatic N) is 1. The minimum Gasteiger partial charge on any atom is -0.384 e. The number of hydrogen-bond acceptors (Lipinski definition) is 2. The monoisotopic (exact) mass is 340 g/mol. The van der Waals surface area contributed by atoms with Crippen molar-refractivity contribution in [3.63, 3.8) is 0 Å². The topological polar surface area (TPSA) is 24.9 Å². The molecule has 0 atom stereocenters. The second-order valence-electron chi connectivity index (χ2n) is 4.08. The summed E-state index contributed by atoms with van der Waals surface area (Å²) in [5.41, 5.74) is 3.48. The predicted octanol–water partition coefficient (Wildman–Crippen LogP) is 4.22. The summed E-state index contributed by atoms with van der Waals surface area (Å²) in [6, 6.07) is 8.52. The molecule has 0 aliphatic heterocycles. The minimum absolute atomic E-state index is 0.974. The van der Waals surface area contributed by atoms with Crippen LogP contribution in [-0.2, 0) is 6.42 Å². The Bertz CT molecular complexity index is 523. The number of benzene rings is 1. The number of anilines is 1. The number of para-hydroxylation sites is 1. The van der Waals surface area contributed by atoms with E-state index in [9.17, 15) is 0 Å². The maximum Gasteiger partial charge on any atom is 0.0859 e. The molecule has 3 heteroatoms. The maximum absolute atomic E-state index is 4.71. The molecular weight excluding hydrogens is 323 g/mol. The second-order valence-corrected chi connectivity index (χ2v) is 5.24. The van der Waals surface area contributed by atoms with Crippen LogP contribution < -0.4 is 5.32 Å². The average Bonchev–Trinajstić information content (AvgIpc) is 2.36. The van der Waals surface area contributed by atoms with Crippen LogP contribution in [-0.4, -0.2) is 11.5 Å². The Morgan fingerprint density at radius 3 is 2.82 bits per heavy atom. The van der Waals surface area contributed by atoms with Gasteiger partial charge in [0.05, 0.1) is 5.52 Å². The Morgan fingerprint density at radius 1 is 1.29 bits per heavy atom. The molecule has 17 heavy (non-hydrogen) atoms. The number of fused-ring (bicyclic) bond motifs is 1. The molecule has 1 aromatic heterocycles. The molecule has 90 valence electrons. The molecule has 1 heterocycles. The molecular formula is C14H17IN2. The Morgan fingerprint density at radius 2 is 2.12 bits per heavy atom. The van der Waals surface area contributed by atoms with Gasteiger partial charge in [0.2, 0.25) is 0 Å². The lowest BCUT2D eigenvalue weighted by atomic mass is 10.1. The molecule has 2 nitrogen and oxygen atoms in total. The van der Waals surface area contributed by atoms with Gasteiger partial charge in [-0.15, -0.1) is 0 Å². The number of pyridine rings is 1. The highest BCUT2D eigenvalue weighted by Gasteiger charge is 2.06. The van der Waals surface area contributed by atoms with Crippen LogP contribution in [0.2, 0.25) is 0 Å². The van der Waals surface area contributed by atoms with E-state index in [4.69, 9.17) is 4.98 Å². The third-order valence-electron chi connectivity index (χ3n) is 2.77. The van der Waals surface area contributed by atoms with Crippen LogP contribution in [0, 0.1) is 3.57 Å². The number of nitrogens with one attached hydrogen (secondary N) is 1. The summed E-state index contributed by atoms with van der Waals surface area (Å²) in [7, 11) is 0. The summed E-state index contributed by atoms with van der Waals surface area (Å²) >= 11 is 2.36. The quantitative estimate of drug-likeness (QED) is 0.843. The summed E-state index contributed by atoms with van der Waals surface area (Å²) < 4.78 is 1.22. The molecule has 1 aromatic carbocycles. The van der Waals surface area contributed by atoms with Crippen molar-refractivity contribution < 1.29 is 0 Å². The zero-order valence-corrected chi connectivity index (χ0v) is 12.4. The maximum atomic E-state index is 4.71. The van der Waals surface area contributed by atoms with Crippen molar-refractivity contribution in [2.24, 2.45) is 0 Å². The number of rotatable bonds is 4. The molecule has 0 bridgehead atoms. The van der Waals surface area contributed by atoms with Crippen LogP contribution in [0.4, 0.5) is 5.69 Å². The summed E-state index contributed by atoms with van der Waals surface area (Å²) in [4.78, 5) is 4.71. The van der Waals surface area contributed by atoms with Gasteiger partial charge >= 0.3 is 0 Å². The minimum atomic E-state index is 0.974. The van der Waals surface area contributed by atoms with E-state index in [1.165, 1.54) is 14.6 Å². The summed E-state index contributed by atoms with van der Waals surface area (Å²) in [6.45, 7) is 5.34. The van der Waals surface area contributed by atoms with Crippen molar-refractivity contribution in [3.05, 3.63) is 33.5 Å². The van der Waals surface area contributed by atoms with E-state index < -0.39 is 0 Å². The van der Waals surface area contributed by atoms with Gasteiger partial charge in [-0.25, -0.2) is 0 Å². The molecule has 1 N–H and O–H groups in total. The van der Waals surface area contributed by atoms with Crippen LogP contribution >= 0.6 is 22.6 Å². The normalized spacial score (nSPS) is 10.8. The number of hydrogen-bond donors (Lipinski definition) is 1. The fourth-order valence-corrected chi connectivity index (χ4v) is 2.47. The number of halogens is 1. The van der Waals surface area contributed by atoms with Gasteiger partial charge in [-0.3, -0.25) is 4.98 Å². The lowest BCUT2D eigenvalue weighted by Gasteiger charge is -2.11. The van der Waals surface area contributed by atoms with Gasteiger partial charge < -0.3 is 5.32 Å². The van der Waals surface area contributed by atoms with Crippen molar-refractivity contribution in [3.8, 4) is 0 Å². The fraction of sp³-hybridized carbons (Fsp3) is 0.357. The van der Waals surface area contributed by atoms with Crippen molar-refractivity contribution in [2.75, 3.05) is 11.9 Å². The Balaban J connectivity index is 2.58. The highest BCUT2D eigenvalue weighted by Crippen LogP contribution is 2.26. The van der Waals surface area contributed by atoms with Gasteiger partial charge in [0, 0.05) is 26.9 Å². The fourth-order valence-electron chi connectivity index (χ4n) is 1.85. The zero-order valence-electron chi connectivity index (χ0n) is 10.3. The van der Waals surface area contributed by atoms with Crippen molar-refractivity contribution in [1.29, 1.82) is 0 Å². The zero-order chi connectivity index (χ0) is 12.3. The van der Waals surface area contributed by atoms with Gasteiger partial charge in [-0.05, 0) is 47.6 Å². The van der Waals surface area contributed by atoms with Gasteiger partial charge in [0.1, 0.15) is 0 Å². The Hall–Kier alpha value is -0.840. The van der Waals surface area contributed by atoms with Gasteiger partial charge in [-0.2, -0.15) is 0 Å². The molecule has 0 saturated carbocycles. The van der Waals surface area contributed by atoms with E-state index in [1.807, 2.05) is 0 Å². The first-order valence-electron chi connectivity index (χ1n) is 6.08. The molecule has 0 unspecified atom stereocenters. The second kappa shape index (κ2) is 5.67. The third-order valence-corrected chi connectivity index (χ3v) is 3.64. The number of aryl methyl sites for hydroxylation is 1. The first-order valence-corrected chi connectivity index (χ1v) is 7.16. The van der Waals surface area contributed by atoms with E-state index in [1.54, 1.807) is 0 Å². The van der Waals surface area contributed by atoms with Crippen LogP contribution in [0.3, 0.4) is 0 Å². The first-order chi connectivity index (χ1) is 8.26. The van der Waals surface area contributed by atoms with Crippen LogP contribution in [0.1, 0.15) is 26.0 Å². The van der Waals surface area contributed by atoms with E-state index in [0.29, 0.717) is 0 Å². The van der Waals surface area contributed by atoms with Crippen LogP contribution in [0.5, 0.6) is 0 Å². The molecule has 2 aromatic rings. The number of aromatic nitrogens is 1. The van der Waals surface area contributed by atoms with E-state index in [0.717, 1.165) is 30.6 Å². The summed E-state index contributed by atoms with van der Waals surface area (Å²) in [5.74, 6) is 0. The molecule has 0 amide bonds. The van der Waals surface area contributed by atoms with Crippen molar-refractivity contribution in [1.82, 2.24) is 4.98 Å². The molecule has 0 saturated heterocycles. The SMILES string of the molecule is CCCNc1cc(CC)nc2c(I)cccc12. The van der Waals surface area contributed by atoms with Gasteiger partial charge in [0.15, 0.2) is 0 Å². The molecule has 0 aliphatic carbocycles. The largest absolute Gasteiger partial charge is 0.384 e. The standard InChI is InChI=1S/C14H17IN2/c1-3-8-16-13-9-10(4-2)17-14-11(13)6-5-7-12(14)15/h5-7,9H,3-4,8H2,1-2H3,(H,16,17). The first kappa shape index (κ1) is 12.6. The van der Waals surface area contributed by atoms with E-state index >= 15 is 0 Å².